The molecule has 1 aliphatic heterocycles. The molecule has 200 valence electrons. The molecule has 3 aromatic rings. The first kappa shape index (κ1) is 27.0. The van der Waals surface area contributed by atoms with E-state index < -0.39 is 41.0 Å². The highest BCUT2D eigenvalue weighted by Crippen LogP contribution is 2.37. The van der Waals surface area contributed by atoms with Gasteiger partial charge in [-0.2, -0.15) is 26.3 Å². The maximum absolute atomic E-state index is 13.4. The van der Waals surface area contributed by atoms with E-state index in [0.717, 1.165) is 5.56 Å². The van der Waals surface area contributed by atoms with Gasteiger partial charge in [0, 0.05) is 36.8 Å². The molecule has 1 atom stereocenters. The monoisotopic (exact) mass is 536 g/mol. The van der Waals surface area contributed by atoms with Gasteiger partial charge in [-0.1, -0.05) is 30.3 Å². The molecule has 4 rings (SSSR count). The molecular weight excluding hydrogens is 514 g/mol. The van der Waals surface area contributed by atoms with Crippen LogP contribution in [-0.2, 0) is 23.6 Å². The first-order valence-electron chi connectivity index (χ1n) is 11.6. The van der Waals surface area contributed by atoms with Crippen molar-refractivity contribution >= 4 is 17.9 Å². The maximum Gasteiger partial charge on any atom is 0.416 e. The molecule has 1 fully saturated rings. The fourth-order valence-electron chi connectivity index (χ4n) is 4.27. The average molecular weight is 536 g/mol. The molecule has 1 aromatic heterocycles. The third-order valence-electron chi connectivity index (χ3n) is 6.17. The summed E-state index contributed by atoms with van der Waals surface area (Å²) in [5.74, 6) is -1.32. The lowest BCUT2D eigenvalue weighted by Gasteiger charge is -2.41. The van der Waals surface area contributed by atoms with E-state index in [-0.39, 0.29) is 38.0 Å². The zero-order valence-electron chi connectivity index (χ0n) is 19.8. The molecule has 0 radical (unpaired) electrons. The number of hydrogen-bond donors (Lipinski definition) is 0. The number of rotatable bonds is 5. The van der Waals surface area contributed by atoms with E-state index in [1.165, 1.54) is 28.4 Å². The molecule has 38 heavy (non-hydrogen) atoms. The van der Waals surface area contributed by atoms with Gasteiger partial charge in [-0.05, 0) is 42.3 Å². The molecule has 2 heterocycles. The summed E-state index contributed by atoms with van der Waals surface area (Å²) >= 11 is 0. The Bertz CT molecular complexity index is 1270. The summed E-state index contributed by atoms with van der Waals surface area (Å²) in [6, 6.07) is 10.7. The minimum atomic E-state index is -5.08. The van der Waals surface area contributed by atoms with Crippen LogP contribution < -0.4 is 0 Å². The van der Waals surface area contributed by atoms with Crippen molar-refractivity contribution in [2.24, 2.45) is 0 Å². The summed E-state index contributed by atoms with van der Waals surface area (Å²) in [6.45, 7) is 0.0240. The number of amides is 2. The largest absolute Gasteiger partial charge is 0.472 e. The van der Waals surface area contributed by atoms with Gasteiger partial charge in [0.2, 0.25) is 5.91 Å². The topological polar surface area (TPSA) is 53.8 Å². The number of carbonyl (C=O) groups is 2. The van der Waals surface area contributed by atoms with E-state index in [0.29, 0.717) is 17.7 Å². The van der Waals surface area contributed by atoms with Gasteiger partial charge in [0.15, 0.2) is 0 Å². The molecule has 11 heteroatoms. The lowest BCUT2D eigenvalue weighted by Crippen LogP contribution is -2.57. The van der Waals surface area contributed by atoms with Crippen LogP contribution in [0.2, 0.25) is 0 Å². The molecule has 1 aliphatic rings. The van der Waals surface area contributed by atoms with Crippen LogP contribution in [0.1, 0.15) is 32.6 Å². The maximum atomic E-state index is 13.4. The minimum Gasteiger partial charge on any atom is -0.472 e. The van der Waals surface area contributed by atoms with Crippen LogP contribution >= 0.6 is 0 Å². The number of carbonyl (C=O) groups excluding carboxylic acids is 2. The van der Waals surface area contributed by atoms with E-state index in [4.69, 9.17) is 4.42 Å². The molecule has 5 nitrogen and oxygen atoms in total. The first-order valence-corrected chi connectivity index (χ1v) is 11.6. The third-order valence-corrected chi connectivity index (χ3v) is 6.17. The van der Waals surface area contributed by atoms with E-state index >= 15 is 0 Å². The fraction of sp³-hybridized carbons (Fsp3) is 0.259. The van der Waals surface area contributed by atoms with Gasteiger partial charge in [0.05, 0.1) is 29.7 Å². The molecule has 0 unspecified atom stereocenters. The predicted molar refractivity (Wildman–Crippen MR) is 126 cm³/mol. The van der Waals surface area contributed by atoms with E-state index in [1.807, 2.05) is 0 Å². The molecular formula is C27H22F6N2O3. The number of nitrogens with zero attached hydrogens (tertiary/aromatic N) is 2. The Hall–Kier alpha value is -4.02. The van der Waals surface area contributed by atoms with Crippen LogP contribution in [-0.4, -0.2) is 47.3 Å². The smallest absolute Gasteiger partial charge is 0.416 e. The number of piperazine rings is 1. The Kier molecular flexibility index (Phi) is 7.66. The lowest BCUT2D eigenvalue weighted by molar-refractivity contribution is -0.143. The average Bonchev–Trinajstić information content (AvgIpc) is 3.40. The van der Waals surface area contributed by atoms with Crippen LogP contribution in [0.4, 0.5) is 26.3 Å². The van der Waals surface area contributed by atoms with Gasteiger partial charge in [0.1, 0.15) is 0 Å². The molecule has 0 aliphatic carbocycles. The molecule has 0 saturated carbocycles. The molecule has 0 N–H and O–H groups in total. The van der Waals surface area contributed by atoms with Crippen molar-refractivity contribution in [1.29, 1.82) is 0 Å². The van der Waals surface area contributed by atoms with Crippen LogP contribution in [0.25, 0.3) is 6.08 Å². The minimum absolute atomic E-state index is 0.0127. The van der Waals surface area contributed by atoms with E-state index in [1.54, 1.807) is 42.5 Å². The third kappa shape index (κ3) is 6.45. The summed E-state index contributed by atoms with van der Waals surface area (Å²) in [5, 5.41) is 0. The number of halogens is 6. The summed E-state index contributed by atoms with van der Waals surface area (Å²) in [7, 11) is 0. The van der Waals surface area contributed by atoms with Gasteiger partial charge < -0.3 is 14.2 Å². The summed E-state index contributed by atoms with van der Waals surface area (Å²) in [4.78, 5) is 28.9. The van der Waals surface area contributed by atoms with Crippen molar-refractivity contribution < 1.29 is 40.3 Å². The van der Waals surface area contributed by atoms with Crippen LogP contribution in [0.15, 0.2) is 77.6 Å². The standard InChI is InChI=1S/C27H22F6N2O3/c28-26(29,30)21-13-20(14-22(15-21)27(31,32)33)25(37)35-10-9-34(24(36)7-6-19-8-11-38-17-19)16-23(35)12-18-4-2-1-3-5-18/h1-8,11,13-15,17,23H,9-10,12,16H2/t23-/m1/s1. The number of hydrogen-bond acceptors (Lipinski definition) is 3. The highest BCUT2D eigenvalue weighted by Gasteiger charge is 2.39. The zero-order chi connectivity index (χ0) is 27.5. The number of benzene rings is 2. The van der Waals surface area contributed by atoms with Crippen molar-refractivity contribution in [2.45, 2.75) is 24.8 Å². The second-order valence-corrected chi connectivity index (χ2v) is 8.81. The first-order chi connectivity index (χ1) is 17.9. The SMILES string of the molecule is O=C(C=Cc1ccoc1)N1CCN(C(=O)c2cc(C(F)(F)F)cc(C(F)(F)F)c2)[C@H](Cc2ccccc2)C1. The predicted octanol–water partition coefficient (Wildman–Crippen LogP) is 5.93. The van der Waals surface area contributed by atoms with Gasteiger partial charge in [-0.25, -0.2) is 0 Å². The quantitative estimate of drug-likeness (QED) is 0.300. The van der Waals surface area contributed by atoms with Crippen LogP contribution in [0.3, 0.4) is 0 Å². The Morgan fingerprint density at radius 2 is 1.58 bits per heavy atom. The summed E-state index contributed by atoms with van der Waals surface area (Å²) in [5.41, 5.74) is -2.39. The second-order valence-electron chi connectivity index (χ2n) is 8.81. The second kappa shape index (κ2) is 10.8. The highest BCUT2D eigenvalue weighted by atomic mass is 19.4. The Labute approximate surface area is 213 Å². The normalized spacial score (nSPS) is 16.7. The fourth-order valence-corrected chi connectivity index (χ4v) is 4.27. The molecule has 0 spiro atoms. The highest BCUT2D eigenvalue weighted by molar-refractivity contribution is 5.96. The van der Waals surface area contributed by atoms with Crippen molar-refractivity contribution in [3.8, 4) is 0 Å². The lowest BCUT2D eigenvalue weighted by atomic mass is 9.99. The van der Waals surface area contributed by atoms with Crippen LogP contribution in [0.5, 0.6) is 0 Å². The number of furan rings is 1. The van der Waals surface area contributed by atoms with Gasteiger partial charge >= 0.3 is 12.4 Å². The van der Waals surface area contributed by atoms with Gasteiger partial charge in [0.25, 0.3) is 5.91 Å². The Balaban J connectivity index is 1.63. The van der Waals surface area contributed by atoms with Crippen molar-refractivity contribution in [3.63, 3.8) is 0 Å². The summed E-state index contributed by atoms with van der Waals surface area (Å²) in [6.07, 6.45) is -4.13. The van der Waals surface area contributed by atoms with Crippen molar-refractivity contribution in [3.05, 3.63) is 101 Å². The molecule has 2 amide bonds. The van der Waals surface area contributed by atoms with Crippen LogP contribution in [0, 0.1) is 0 Å². The van der Waals surface area contributed by atoms with E-state index in [9.17, 15) is 35.9 Å². The van der Waals surface area contributed by atoms with E-state index in [2.05, 4.69) is 0 Å². The summed E-state index contributed by atoms with van der Waals surface area (Å²) < 4.78 is 85.2. The molecule has 2 aromatic carbocycles. The number of alkyl halides is 6. The van der Waals surface area contributed by atoms with Gasteiger partial charge in [-0.3, -0.25) is 9.59 Å². The molecule has 0 bridgehead atoms. The zero-order valence-corrected chi connectivity index (χ0v) is 19.8. The molecule has 1 saturated heterocycles. The van der Waals surface area contributed by atoms with Crippen molar-refractivity contribution in [2.75, 3.05) is 19.6 Å². The Morgan fingerprint density at radius 1 is 0.921 bits per heavy atom. The van der Waals surface area contributed by atoms with Crippen molar-refractivity contribution in [1.82, 2.24) is 9.80 Å². The Morgan fingerprint density at radius 3 is 2.16 bits per heavy atom. The van der Waals surface area contributed by atoms with Gasteiger partial charge in [-0.15, -0.1) is 0 Å².